The third-order valence-electron chi connectivity index (χ3n) is 2.68. The van der Waals surface area contributed by atoms with E-state index >= 15 is 0 Å². The van der Waals surface area contributed by atoms with Gasteiger partial charge in [0.2, 0.25) is 0 Å². The molecule has 0 unspecified atom stereocenters. The SMILES string of the molecule is CC(C)c1cc2cc3sccc3cc2s1.CCC. The molecule has 0 aliphatic heterocycles. The predicted molar refractivity (Wildman–Crippen MR) is 87.3 cm³/mol. The lowest BCUT2D eigenvalue weighted by Gasteiger charge is -1.96. The van der Waals surface area contributed by atoms with Gasteiger partial charge in [0.1, 0.15) is 0 Å². The van der Waals surface area contributed by atoms with Crippen molar-refractivity contribution in [3.05, 3.63) is 34.5 Å². The van der Waals surface area contributed by atoms with Gasteiger partial charge in [-0.25, -0.2) is 0 Å². The Balaban J connectivity index is 0.000000367. The minimum Gasteiger partial charge on any atom is -0.144 e. The molecule has 1 aromatic carbocycles. The summed E-state index contributed by atoms with van der Waals surface area (Å²) in [4.78, 5) is 1.49. The van der Waals surface area contributed by atoms with E-state index in [1.54, 1.807) is 0 Å². The Labute approximate surface area is 117 Å². The normalized spacial score (nSPS) is 10.9. The van der Waals surface area contributed by atoms with Gasteiger partial charge in [-0.3, -0.25) is 0 Å². The van der Waals surface area contributed by atoms with Gasteiger partial charge in [0.25, 0.3) is 0 Å². The summed E-state index contributed by atoms with van der Waals surface area (Å²) in [6.07, 6.45) is 1.25. The Bertz CT molecular complexity index is 581. The first-order valence-corrected chi connectivity index (χ1v) is 8.26. The van der Waals surface area contributed by atoms with Crippen molar-refractivity contribution < 1.29 is 0 Å². The molecule has 0 aliphatic rings. The molecular formula is C16H20S2. The van der Waals surface area contributed by atoms with Crippen LogP contribution in [0, 0.1) is 0 Å². The first-order valence-electron chi connectivity index (χ1n) is 6.56. The van der Waals surface area contributed by atoms with Gasteiger partial charge >= 0.3 is 0 Å². The number of hydrogen-bond acceptors (Lipinski definition) is 2. The number of fused-ring (bicyclic) bond motifs is 2. The summed E-state index contributed by atoms with van der Waals surface area (Å²) in [6.45, 7) is 8.76. The Hall–Kier alpha value is -0.860. The van der Waals surface area contributed by atoms with Crippen molar-refractivity contribution in [2.24, 2.45) is 0 Å². The zero-order chi connectivity index (χ0) is 13.1. The molecule has 0 saturated carbocycles. The number of thiophene rings is 2. The molecule has 0 atom stereocenters. The molecule has 3 aromatic rings. The average molecular weight is 276 g/mol. The van der Waals surface area contributed by atoms with Crippen LogP contribution in [0.1, 0.15) is 44.9 Å². The van der Waals surface area contributed by atoms with Gasteiger partial charge in [-0.1, -0.05) is 34.1 Å². The topological polar surface area (TPSA) is 0 Å². The molecule has 2 heteroatoms. The maximum Gasteiger partial charge on any atom is 0.0352 e. The van der Waals surface area contributed by atoms with Crippen molar-refractivity contribution in [2.75, 3.05) is 0 Å². The molecule has 0 N–H and O–H groups in total. The fourth-order valence-electron chi connectivity index (χ4n) is 1.80. The van der Waals surface area contributed by atoms with Crippen LogP contribution in [-0.4, -0.2) is 0 Å². The summed E-state index contributed by atoms with van der Waals surface area (Å²) in [6, 6.07) is 9.17. The molecule has 0 spiro atoms. The summed E-state index contributed by atoms with van der Waals surface area (Å²) in [5, 5.41) is 4.95. The van der Waals surface area contributed by atoms with E-state index in [0.29, 0.717) is 5.92 Å². The smallest absolute Gasteiger partial charge is 0.0352 e. The minimum absolute atomic E-state index is 0.639. The molecule has 0 saturated heterocycles. The third-order valence-corrected chi connectivity index (χ3v) is 4.96. The zero-order valence-electron chi connectivity index (χ0n) is 11.5. The van der Waals surface area contributed by atoms with Gasteiger partial charge in [-0.05, 0) is 46.3 Å². The van der Waals surface area contributed by atoms with Crippen LogP contribution in [0.25, 0.3) is 20.2 Å². The van der Waals surface area contributed by atoms with Crippen LogP contribution < -0.4 is 0 Å². The Morgan fingerprint density at radius 3 is 2.33 bits per heavy atom. The van der Waals surface area contributed by atoms with Gasteiger partial charge in [-0.2, -0.15) is 0 Å². The fraction of sp³-hybridized carbons (Fsp3) is 0.375. The Morgan fingerprint density at radius 1 is 1.00 bits per heavy atom. The van der Waals surface area contributed by atoms with Crippen LogP contribution in [0.5, 0.6) is 0 Å². The van der Waals surface area contributed by atoms with Crippen LogP contribution in [0.4, 0.5) is 0 Å². The highest BCUT2D eigenvalue weighted by molar-refractivity contribution is 7.20. The van der Waals surface area contributed by atoms with E-state index in [1.165, 1.54) is 31.5 Å². The zero-order valence-corrected chi connectivity index (χ0v) is 13.1. The fourth-order valence-corrected chi connectivity index (χ4v) is 3.72. The first kappa shape index (κ1) is 13.6. The molecule has 3 rings (SSSR count). The lowest BCUT2D eigenvalue weighted by molar-refractivity contribution is 0.890. The number of rotatable bonds is 1. The van der Waals surface area contributed by atoms with Gasteiger partial charge in [-0.15, -0.1) is 22.7 Å². The minimum atomic E-state index is 0.639. The van der Waals surface area contributed by atoms with Gasteiger partial charge in [0, 0.05) is 14.3 Å². The Morgan fingerprint density at radius 2 is 1.67 bits per heavy atom. The van der Waals surface area contributed by atoms with Crippen molar-refractivity contribution in [3.63, 3.8) is 0 Å². The summed E-state index contributed by atoms with van der Waals surface area (Å²) < 4.78 is 2.82. The van der Waals surface area contributed by atoms with Crippen LogP contribution in [0.15, 0.2) is 29.6 Å². The molecule has 18 heavy (non-hydrogen) atoms. The summed E-state index contributed by atoms with van der Waals surface area (Å²) in [5.41, 5.74) is 0. The molecule has 0 radical (unpaired) electrons. The van der Waals surface area contributed by atoms with Crippen LogP contribution in [0.3, 0.4) is 0 Å². The van der Waals surface area contributed by atoms with E-state index in [9.17, 15) is 0 Å². The monoisotopic (exact) mass is 276 g/mol. The highest BCUT2D eigenvalue weighted by atomic mass is 32.1. The molecule has 96 valence electrons. The maximum atomic E-state index is 2.34. The summed E-state index contributed by atoms with van der Waals surface area (Å²) >= 11 is 3.75. The van der Waals surface area contributed by atoms with E-state index in [-0.39, 0.29) is 0 Å². The van der Waals surface area contributed by atoms with Crippen molar-refractivity contribution in [1.29, 1.82) is 0 Å². The molecule has 0 aliphatic carbocycles. The molecule has 2 heterocycles. The molecule has 0 bridgehead atoms. The lowest BCUT2D eigenvalue weighted by atomic mass is 10.1. The maximum absolute atomic E-state index is 2.34. The predicted octanol–water partition coefficient (Wildman–Crippen LogP) is 6.66. The van der Waals surface area contributed by atoms with Gasteiger partial charge in [0.05, 0.1) is 0 Å². The van der Waals surface area contributed by atoms with E-state index in [0.717, 1.165) is 0 Å². The van der Waals surface area contributed by atoms with Crippen molar-refractivity contribution >= 4 is 42.8 Å². The molecule has 0 amide bonds. The van der Waals surface area contributed by atoms with E-state index < -0.39 is 0 Å². The number of hydrogen-bond donors (Lipinski definition) is 0. The number of benzene rings is 1. The van der Waals surface area contributed by atoms with Crippen molar-refractivity contribution in [2.45, 2.75) is 40.0 Å². The second kappa shape index (κ2) is 5.85. The third kappa shape index (κ3) is 2.76. The average Bonchev–Trinajstić information content (AvgIpc) is 2.90. The van der Waals surface area contributed by atoms with Crippen molar-refractivity contribution in [3.8, 4) is 0 Å². The quantitative estimate of drug-likeness (QED) is 0.466. The van der Waals surface area contributed by atoms with E-state index in [4.69, 9.17) is 0 Å². The van der Waals surface area contributed by atoms with E-state index in [1.807, 2.05) is 22.7 Å². The summed E-state index contributed by atoms with van der Waals surface area (Å²) in [7, 11) is 0. The van der Waals surface area contributed by atoms with Crippen molar-refractivity contribution in [1.82, 2.24) is 0 Å². The molecule has 2 aromatic heterocycles. The standard InChI is InChI=1S/C13H12S2.C3H8/c1-8(2)11-6-10-7-12-9(3-4-14-12)5-13(10)15-11;1-3-2/h3-8H,1-2H3;3H2,1-2H3. The van der Waals surface area contributed by atoms with Crippen LogP contribution in [-0.2, 0) is 0 Å². The first-order chi connectivity index (χ1) is 8.65. The van der Waals surface area contributed by atoms with E-state index in [2.05, 4.69) is 57.3 Å². The largest absolute Gasteiger partial charge is 0.144 e. The highest BCUT2D eigenvalue weighted by Crippen LogP contribution is 2.34. The van der Waals surface area contributed by atoms with Crippen LogP contribution >= 0.6 is 22.7 Å². The summed E-state index contributed by atoms with van der Waals surface area (Å²) in [5.74, 6) is 0.639. The van der Waals surface area contributed by atoms with Crippen LogP contribution in [0.2, 0.25) is 0 Å². The lowest BCUT2D eigenvalue weighted by Crippen LogP contribution is -1.77. The molecular weight excluding hydrogens is 256 g/mol. The highest BCUT2D eigenvalue weighted by Gasteiger charge is 2.06. The Kier molecular flexibility index (Phi) is 4.41. The van der Waals surface area contributed by atoms with Gasteiger partial charge in [0.15, 0.2) is 0 Å². The molecule has 0 nitrogen and oxygen atoms in total. The van der Waals surface area contributed by atoms with Gasteiger partial charge < -0.3 is 0 Å². The molecule has 0 fully saturated rings. The second-order valence-corrected chi connectivity index (χ2v) is 6.92. The second-order valence-electron chi connectivity index (χ2n) is 4.86.